The second-order valence-electron chi connectivity index (χ2n) is 8.26. The molecule has 0 bridgehead atoms. The van der Waals surface area contributed by atoms with E-state index in [0.717, 1.165) is 34.8 Å². The first kappa shape index (κ1) is 22.9. The van der Waals surface area contributed by atoms with E-state index in [0.29, 0.717) is 10.2 Å². The molecule has 0 spiro atoms. The third-order valence-electron chi connectivity index (χ3n) is 5.99. The number of thioether (sulfide) groups is 1. The van der Waals surface area contributed by atoms with Crippen molar-refractivity contribution in [2.45, 2.75) is 27.2 Å². The number of hydrazone groups is 1. The van der Waals surface area contributed by atoms with E-state index < -0.39 is 5.91 Å². The molecule has 0 fully saturated rings. The number of amidine groups is 2. The SMILES string of the molecule is CCc1ccccc1-n1c(C)cc(/C=C2\C(=N)N3N=C(COc4ccccc4)SC3=NC2=O)c1C. The second-order valence-corrected chi connectivity index (χ2v) is 9.30. The largest absolute Gasteiger partial charge is 0.487 e. The first-order valence-electron chi connectivity index (χ1n) is 11.4. The van der Waals surface area contributed by atoms with Crippen LogP contribution < -0.4 is 4.74 Å². The van der Waals surface area contributed by atoms with E-state index in [1.165, 1.54) is 22.3 Å². The highest BCUT2D eigenvalue weighted by molar-refractivity contribution is 8.27. The number of carbonyl (C=O) groups is 1. The van der Waals surface area contributed by atoms with Gasteiger partial charge in [0.15, 0.2) is 5.84 Å². The number of aryl methyl sites for hydroxylation is 2. The molecule has 3 aromatic rings. The smallest absolute Gasteiger partial charge is 0.283 e. The van der Waals surface area contributed by atoms with Crippen molar-refractivity contribution in [3.63, 3.8) is 0 Å². The summed E-state index contributed by atoms with van der Waals surface area (Å²) < 4.78 is 7.96. The summed E-state index contributed by atoms with van der Waals surface area (Å²) in [5.74, 6) is 0.309. The van der Waals surface area contributed by atoms with Gasteiger partial charge >= 0.3 is 0 Å². The molecule has 0 aliphatic carbocycles. The van der Waals surface area contributed by atoms with Crippen molar-refractivity contribution in [1.29, 1.82) is 5.41 Å². The number of fused-ring (bicyclic) bond motifs is 1. The number of ether oxygens (including phenoxy) is 1. The molecule has 0 saturated heterocycles. The Bertz CT molecular complexity index is 1420. The fourth-order valence-electron chi connectivity index (χ4n) is 4.24. The highest BCUT2D eigenvalue weighted by Gasteiger charge is 2.36. The molecule has 3 heterocycles. The van der Waals surface area contributed by atoms with Gasteiger partial charge in [-0.1, -0.05) is 43.3 Å². The van der Waals surface area contributed by atoms with Crippen LogP contribution in [0.1, 0.15) is 29.4 Å². The molecule has 0 atom stereocenters. The molecular formula is C27H25N5O2S. The molecule has 0 radical (unpaired) electrons. The number of benzene rings is 2. The van der Waals surface area contributed by atoms with Crippen LogP contribution in [0, 0.1) is 19.3 Å². The van der Waals surface area contributed by atoms with E-state index in [9.17, 15) is 4.79 Å². The maximum absolute atomic E-state index is 12.9. The molecule has 35 heavy (non-hydrogen) atoms. The minimum absolute atomic E-state index is 0.0148. The average Bonchev–Trinajstić information content (AvgIpc) is 3.40. The Labute approximate surface area is 208 Å². The fourth-order valence-corrected chi connectivity index (χ4v) is 5.04. The topological polar surface area (TPSA) is 83.0 Å². The summed E-state index contributed by atoms with van der Waals surface area (Å²) in [6, 6.07) is 19.8. The van der Waals surface area contributed by atoms with Gasteiger partial charge in [-0.3, -0.25) is 10.2 Å². The molecule has 1 amide bonds. The number of hydrogen-bond donors (Lipinski definition) is 1. The summed E-state index contributed by atoms with van der Waals surface area (Å²) in [5, 5.41) is 15.6. The molecule has 0 unspecified atom stereocenters. The van der Waals surface area contributed by atoms with Crippen molar-refractivity contribution >= 4 is 39.8 Å². The number of rotatable bonds is 6. The lowest BCUT2D eigenvalue weighted by molar-refractivity contribution is -0.114. The zero-order chi connectivity index (χ0) is 24.5. The van der Waals surface area contributed by atoms with Gasteiger partial charge in [0.05, 0.1) is 5.57 Å². The monoisotopic (exact) mass is 483 g/mol. The predicted octanol–water partition coefficient (Wildman–Crippen LogP) is 5.35. The van der Waals surface area contributed by atoms with Gasteiger partial charge in [0.25, 0.3) is 5.91 Å². The average molecular weight is 484 g/mol. The molecule has 1 aromatic heterocycles. The normalized spacial score (nSPS) is 16.4. The number of para-hydroxylation sites is 2. The number of nitrogens with zero attached hydrogens (tertiary/aromatic N) is 4. The van der Waals surface area contributed by atoms with Crippen molar-refractivity contribution in [1.82, 2.24) is 9.58 Å². The summed E-state index contributed by atoms with van der Waals surface area (Å²) in [6.45, 7) is 6.45. The first-order chi connectivity index (χ1) is 17.0. The van der Waals surface area contributed by atoms with E-state index in [1.807, 2.05) is 62.4 Å². The van der Waals surface area contributed by atoms with Crippen LogP contribution in [0.15, 0.2) is 76.3 Å². The Kier molecular flexibility index (Phi) is 6.13. The zero-order valence-corrected chi connectivity index (χ0v) is 20.6. The van der Waals surface area contributed by atoms with Gasteiger partial charge in [0, 0.05) is 17.1 Å². The van der Waals surface area contributed by atoms with Crippen LogP contribution in [0.25, 0.3) is 11.8 Å². The molecule has 2 aromatic carbocycles. The van der Waals surface area contributed by atoms with Crippen LogP contribution in [0.3, 0.4) is 0 Å². The van der Waals surface area contributed by atoms with Crippen molar-refractivity contribution in [3.05, 3.63) is 88.8 Å². The first-order valence-corrected chi connectivity index (χ1v) is 12.2. The summed E-state index contributed by atoms with van der Waals surface area (Å²) in [6.07, 6.45) is 2.67. The molecule has 176 valence electrons. The summed E-state index contributed by atoms with van der Waals surface area (Å²) in [4.78, 5) is 17.1. The number of aromatic nitrogens is 1. The molecule has 8 heteroatoms. The lowest BCUT2D eigenvalue weighted by atomic mass is 10.1. The molecule has 2 aliphatic rings. The van der Waals surface area contributed by atoms with E-state index in [-0.39, 0.29) is 18.0 Å². The van der Waals surface area contributed by atoms with Gasteiger partial charge in [-0.05, 0) is 73.5 Å². The Morgan fingerprint density at radius 1 is 1.09 bits per heavy atom. The van der Waals surface area contributed by atoms with Crippen LogP contribution in [0.4, 0.5) is 0 Å². The molecule has 7 nitrogen and oxygen atoms in total. The minimum atomic E-state index is -0.437. The van der Waals surface area contributed by atoms with Crippen LogP contribution in [0.2, 0.25) is 0 Å². The van der Waals surface area contributed by atoms with Gasteiger partial charge < -0.3 is 9.30 Å². The summed E-state index contributed by atoms with van der Waals surface area (Å²) in [7, 11) is 0. The lowest BCUT2D eigenvalue weighted by Gasteiger charge is -2.20. The van der Waals surface area contributed by atoms with Crippen LogP contribution in [0.5, 0.6) is 5.75 Å². The Morgan fingerprint density at radius 2 is 1.83 bits per heavy atom. The highest BCUT2D eigenvalue weighted by atomic mass is 32.2. The van der Waals surface area contributed by atoms with Gasteiger partial charge in [0.1, 0.15) is 17.4 Å². The third kappa shape index (κ3) is 4.33. The summed E-state index contributed by atoms with van der Waals surface area (Å²) in [5.41, 5.74) is 5.53. The fraction of sp³-hybridized carbons (Fsp3) is 0.185. The van der Waals surface area contributed by atoms with E-state index in [4.69, 9.17) is 10.1 Å². The van der Waals surface area contributed by atoms with E-state index in [1.54, 1.807) is 6.08 Å². The Hall–Kier alpha value is -3.91. The lowest BCUT2D eigenvalue weighted by Crippen LogP contribution is -2.35. The molecule has 5 rings (SSSR count). The number of amides is 1. The number of carbonyl (C=O) groups excluding carboxylic acids is 1. The van der Waals surface area contributed by atoms with Crippen molar-refractivity contribution in [2.24, 2.45) is 10.1 Å². The predicted molar refractivity (Wildman–Crippen MR) is 142 cm³/mol. The maximum Gasteiger partial charge on any atom is 0.283 e. The second kappa shape index (κ2) is 9.38. The van der Waals surface area contributed by atoms with Crippen molar-refractivity contribution in [2.75, 3.05) is 6.61 Å². The van der Waals surface area contributed by atoms with Crippen molar-refractivity contribution < 1.29 is 9.53 Å². The standard InChI is InChI=1S/C27H25N5O2S/c1-4-19-10-8-9-13-23(19)31-17(2)14-20(18(31)3)15-22-25(28)32-27(29-26(22)33)35-24(30-32)16-34-21-11-6-5-7-12-21/h5-15,28H,4,16H2,1-3H3/b22-15+,28-25?. The van der Waals surface area contributed by atoms with Crippen LogP contribution in [-0.4, -0.2) is 38.1 Å². The van der Waals surface area contributed by atoms with Crippen LogP contribution in [-0.2, 0) is 11.2 Å². The Balaban J connectivity index is 1.42. The number of nitrogens with one attached hydrogen (secondary N) is 1. The van der Waals surface area contributed by atoms with Crippen LogP contribution >= 0.6 is 11.8 Å². The zero-order valence-electron chi connectivity index (χ0n) is 19.8. The Morgan fingerprint density at radius 3 is 2.60 bits per heavy atom. The molecule has 2 aliphatic heterocycles. The third-order valence-corrected chi connectivity index (χ3v) is 6.87. The van der Waals surface area contributed by atoms with Gasteiger partial charge in [-0.25, -0.2) is 0 Å². The highest BCUT2D eigenvalue weighted by Crippen LogP contribution is 2.30. The van der Waals surface area contributed by atoms with E-state index in [2.05, 4.69) is 33.7 Å². The van der Waals surface area contributed by atoms with Crippen molar-refractivity contribution in [3.8, 4) is 11.4 Å². The number of hydrogen-bond acceptors (Lipinski definition) is 5. The molecule has 1 N–H and O–H groups in total. The quantitative estimate of drug-likeness (QED) is 0.479. The minimum Gasteiger partial charge on any atom is -0.487 e. The maximum atomic E-state index is 12.9. The molecule has 0 saturated carbocycles. The van der Waals surface area contributed by atoms with Gasteiger partial charge in [0.2, 0.25) is 5.17 Å². The van der Waals surface area contributed by atoms with Gasteiger partial charge in [-0.15, -0.1) is 0 Å². The summed E-state index contributed by atoms with van der Waals surface area (Å²) >= 11 is 1.25. The van der Waals surface area contributed by atoms with E-state index >= 15 is 0 Å². The van der Waals surface area contributed by atoms with Gasteiger partial charge in [-0.2, -0.15) is 15.1 Å². The molecular weight excluding hydrogens is 458 g/mol. The number of aliphatic imine (C=N–C) groups is 1.